The van der Waals surface area contributed by atoms with E-state index in [9.17, 15) is 4.39 Å². The van der Waals surface area contributed by atoms with Crippen molar-refractivity contribution in [3.63, 3.8) is 0 Å². The lowest BCUT2D eigenvalue weighted by Crippen LogP contribution is -2.09. The highest BCUT2D eigenvalue weighted by Gasteiger charge is 2.13. The summed E-state index contributed by atoms with van der Waals surface area (Å²) in [6.07, 6.45) is 0. The number of hydrogen-bond donors (Lipinski definition) is 1. The van der Waals surface area contributed by atoms with Gasteiger partial charge in [0.05, 0.1) is 16.4 Å². The number of aromatic nitrogens is 2. The molecule has 20 heavy (non-hydrogen) atoms. The zero-order valence-electron chi connectivity index (χ0n) is 11.7. The molecule has 0 saturated carbocycles. The summed E-state index contributed by atoms with van der Waals surface area (Å²) in [4.78, 5) is 0. The van der Waals surface area contributed by atoms with Gasteiger partial charge in [0.1, 0.15) is 18.2 Å². The minimum absolute atomic E-state index is 0.281. The lowest BCUT2D eigenvalue weighted by Gasteiger charge is -2.12. The zero-order valence-corrected chi connectivity index (χ0v) is 12.5. The van der Waals surface area contributed by atoms with Crippen molar-refractivity contribution in [1.29, 1.82) is 0 Å². The molecule has 1 N–H and O–H groups in total. The Balaban J connectivity index is 2.18. The van der Waals surface area contributed by atoms with E-state index < -0.39 is 0 Å². The topological polar surface area (TPSA) is 39.1 Å². The predicted molar refractivity (Wildman–Crippen MR) is 76.5 cm³/mol. The van der Waals surface area contributed by atoms with Crippen LogP contribution in [-0.4, -0.2) is 16.8 Å². The smallest absolute Gasteiger partial charge is 0.131 e. The Hall–Kier alpha value is -1.59. The molecule has 0 fully saturated rings. The molecule has 0 aliphatic rings. The van der Waals surface area contributed by atoms with Gasteiger partial charge in [-0.05, 0) is 32.2 Å². The molecule has 0 radical (unpaired) electrons. The molecule has 0 unspecified atom stereocenters. The molecule has 0 atom stereocenters. The highest BCUT2D eigenvalue weighted by molar-refractivity contribution is 6.31. The van der Waals surface area contributed by atoms with Gasteiger partial charge in [-0.25, -0.2) is 4.39 Å². The minimum Gasteiger partial charge on any atom is -0.487 e. The van der Waals surface area contributed by atoms with E-state index in [0.717, 1.165) is 17.0 Å². The normalized spacial score (nSPS) is 10.8. The molecule has 0 amide bonds. The van der Waals surface area contributed by atoms with Crippen molar-refractivity contribution in [3.05, 3.63) is 46.0 Å². The van der Waals surface area contributed by atoms with E-state index in [1.54, 1.807) is 17.8 Å². The third kappa shape index (κ3) is 3.11. The third-order valence-electron chi connectivity index (χ3n) is 3.02. The highest BCUT2D eigenvalue weighted by atomic mass is 35.5. The van der Waals surface area contributed by atoms with Crippen molar-refractivity contribution in [2.45, 2.75) is 20.1 Å². The van der Waals surface area contributed by atoms with E-state index in [1.165, 1.54) is 12.1 Å². The molecule has 1 aromatic carbocycles. The van der Waals surface area contributed by atoms with Gasteiger partial charge in [-0.2, -0.15) is 5.10 Å². The predicted octanol–water partition coefficient (Wildman–Crippen LogP) is 2.82. The van der Waals surface area contributed by atoms with E-state index in [4.69, 9.17) is 16.3 Å². The second-order valence-electron chi connectivity index (χ2n) is 4.54. The Bertz CT molecular complexity index is 613. The van der Waals surface area contributed by atoms with Gasteiger partial charge >= 0.3 is 0 Å². The molecule has 0 bridgehead atoms. The first-order valence-electron chi connectivity index (χ1n) is 6.26. The quantitative estimate of drug-likeness (QED) is 0.922. The molecule has 4 nitrogen and oxygen atoms in total. The van der Waals surface area contributed by atoms with E-state index in [2.05, 4.69) is 10.4 Å². The monoisotopic (exact) mass is 297 g/mol. The number of halogens is 2. The number of aryl methyl sites for hydroxylation is 2. The molecule has 0 saturated heterocycles. The van der Waals surface area contributed by atoms with Crippen molar-refractivity contribution in [1.82, 2.24) is 15.1 Å². The Morgan fingerprint density at radius 2 is 2.20 bits per heavy atom. The summed E-state index contributed by atoms with van der Waals surface area (Å²) in [6.45, 7) is 2.67. The Morgan fingerprint density at radius 3 is 2.80 bits per heavy atom. The van der Waals surface area contributed by atoms with Crippen LogP contribution in [0.5, 0.6) is 5.75 Å². The van der Waals surface area contributed by atoms with Crippen molar-refractivity contribution in [2.75, 3.05) is 7.05 Å². The fourth-order valence-electron chi connectivity index (χ4n) is 2.00. The molecule has 6 heteroatoms. The fraction of sp³-hybridized carbons (Fsp3) is 0.357. The Morgan fingerprint density at radius 1 is 1.45 bits per heavy atom. The standard InChI is InChI=1S/C14H17ClFN3O/c1-9-14(15)12(19(3)18-9)8-20-13-5-4-11(16)6-10(13)7-17-2/h4-6,17H,7-8H2,1-3H3. The molecule has 0 aliphatic heterocycles. The first kappa shape index (κ1) is 14.8. The van der Waals surface area contributed by atoms with Crippen LogP contribution in [0.2, 0.25) is 5.02 Å². The highest BCUT2D eigenvalue weighted by Crippen LogP contribution is 2.24. The lowest BCUT2D eigenvalue weighted by molar-refractivity contribution is 0.291. The maximum Gasteiger partial charge on any atom is 0.131 e. The Kier molecular flexibility index (Phi) is 4.62. The van der Waals surface area contributed by atoms with Crippen molar-refractivity contribution >= 4 is 11.6 Å². The first-order chi connectivity index (χ1) is 9.52. The van der Waals surface area contributed by atoms with Crippen LogP contribution in [0.3, 0.4) is 0 Å². The van der Waals surface area contributed by atoms with Crippen molar-refractivity contribution in [3.8, 4) is 5.75 Å². The van der Waals surface area contributed by atoms with Gasteiger partial charge in [0, 0.05) is 19.2 Å². The number of hydrogen-bond acceptors (Lipinski definition) is 3. The fourth-order valence-corrected chi connectivity index (χ4v) is 2.22. The molecule has 1 heterocycles. The maximum atomic E-state index is 13.2. The molecule has 0 spiro atoms. The zero-order chi connectivity index (χ0) is 14.7. The minimum atomic E-state index is -0.281. The van der Waals surface area contributed by atoms with E-state index in [1.807, 2.05) is 14.0 Å². The average Bonchev–Trinajstić information content (AvgIpc) is 2.64. The molecular weight excluding hydrogens is 281 g/mol. The maximum absolute atomic E-state index is 13.2. The van der Waals surface area contributed by atoms with Crippen LogP contribution in [-0.2, 0) is 20.2 Å². The second kappa shape index (κ2) is 6.24. The number of rotatable bonds is 5. The van der Waals surface area contributed by atoms with Gasteiger partial charge in [0.15, 0.2) is 0 Å². The van der Waals surface area contributed by atoms with Gasteiger partial charge in [-0.1, -0.05) is 11.6 Å². The molecule has 2 rings (SSSR count). The summed E-state index contributed by atoms with van der Waals surface area (Å²) in [5.41, 5.74) is 2.33. The summed E-state index contributed by atoms with van der Waals surface area (Å²) < 4.78 is 20.7. The molecular formula is C14H17ClFN3O. The number of nitrogens with zero attached hydrogens (tertiary/aromatic N) is 2. The molecule has 1 aromatic heterocycles. The van der Waals surface area contributed by atoms with Crippen LogP contribution in [0, 0.1) is 12.7 Å². The van der Waals surface area contributed by atoms with Crippen molar-refractivity contribution in [2.24, 2.45) is 7.05 Å². The van der Waals surface area contributed by atoms with E-state index in [0.29, 0.717) is 23.9 Å². The summed E-state index contributed by atoms with van der Waals surface area (Å²) >= 11 is 6.17. The van der Waals surface area contributed by atoms with Crippen LogP contribution in [0.25, 0.3) is 0 Å². The van der Waals surface area contributed by atoms with Gasteiger partial charge < -0.3 is 10.1 Å². The lowest BCUT2D eigenvalue weighted by atomic mass is 10.2. The molecule has 0 aliphatic carbocycles. The summed E-state index contributed by atoms with van der Waals surface area (Å²) in [7, 11) is 3.62. The van der Waals surface area contributed by atoms with Crippen LogP contribution < -0.4 is 10.1 Å². The van der Waals surface area contributed by atoms with E-state index in [-0.39, 0.29) is 5.82 Å². The van der Waals surface area contributed by atoms with E-state index >= 15 is 0 Å². The summed E-state index contributed by atoms with van der Waals surface area (Å²) in [6, 6.07) is 4.46. The summed E-state index contributed by atoms with van der Waals surface area (Å²) in [5.74, 6) is 0.354. The first-order valence-corrected chi connectivity index (χ1v) is 6.64. The number of benzene rings is 1. The van der Waals surface area contributed by atoms with Gasteiger partial charge in [0.2, 0.25) is 0 Å². The van der Waals surface area contributed by atoms with Crippen LogP contribution >= 0.6 is 11.6 Å². The van der Waals surface area contributed by atoms with Gasteiger partial charge in [-0.3, -0.25) is 4.68 Å². The number of nitrogens with one attached hydrogen (secondary N) is 1. The van der Waals surface area contributed by atoms with Crippen LogP contribution in [0.1, 0.15) is 17.0 Å². The van der Waals surface area contributed by atoms with Crippen LogP contribution in [0.15, 0.2) is 18.2 Å². The van der Waals surface area contributed by atoms with Crippen molar-refractivity contribution < 1.29 is 9.13 Å². The molecule has 108 valence electrons. The largest absolute Gasteiger partial charge is 0.487 e. The average molecular weight is 298 g/mol. The Labute approximate surface area is 122 Å². The number of ether oxygens (including phenoxy) is 1. The SMILES string of the molecule is CNCc1cc(F)ccc1OCc1c(Cl)c(C)nn1C. The van der Waals surface area contributed by atoms with Gasteiger partial charge in [0.25, 0.3) is 0 Å². The van der Waals surface area contributed by atoms with Gasteiger partial charge in [-0.15, -0.1) is 0 Å². The second-order valence-corrected chi connectivity index (χ2v) is 4.92. The molecule has 2 aromatic rings. The summed E-state index contributed by atoms with van der Waals surface area (Å²) in [5, 5.41) is 7.82. The third-order valence-corrected chi connectivity index (χ3v) is 3.51. The van der Waals surface area contributed by atoms with Crippen LogP contribution in [0.4, 0.5) is 4.39 Å².